The second-order valence-electron chi connectivity index (χ2n) is 6.76. The summed E-state index contributed by atoms with van der Waals surface area (Å²) >= 11 is 0. The fourth-order valence-electron chi connectivity index (χ4n) is 2.91. The van der Waals surface area contributed by atoms with Crippen molar-refractivity contribution < 1.29 is 0 Å². The molecular weight excluding hydrogens is 322 g/mol. The summed E-state index contributed by atoms with van der Waals surface area (Å²) in [6, 6.07) is 16.6. The Labute approximate surface area is 154 Å². The van der Waals surface area contributed by atoms with E-state index in [9.17, 15) is 0 Å². The molecule has 0 bridgehead atoms. The van der Waals surface area contributed by atoms with Gasteiger partial charge < -0.3 is 10.6 Å². The van der Waals surface area contributed by atoms with E-state index in [2.05, 4.69) is 83.8 Å². The van der Waals surface area contributed by atoms with E-state index in [1.807, 2.05) is 18.2 Å². The number of aromatic nitrogens is 3. The molecule has 1 atom stereocenters. The maximum Gasteiger partial charge on any atom is 0.245 e. The maximum atomic E-state index is 4.58. The van der Waals surface area contributed by atoms with Gasteiger partial charge in [-0.3, -0.25) is 0 Å². The summed E-state index contributed by atoms with van der Waals surface area (Å²) in [6.45, 7) is 8.55. The summed E-state index contributed by atoms with van der Waals surface area (Å²) in [4.78, 5) is 4.58. The zero-order valence-corrected chi connectivity index (χ0v) is 15.7. The Morgan fingerprint density at radius 2 is 1.69 bits per heavy atom. The second-order valence-corrected chi connectivity index (χ2v) is 6.76. The first-order valence-corrected chi connectivity index (χ1v) is 8.92. The van der Waals surface area contributed by atoms with E-state index in [4.69, 9.17) is 0 Å². The standard InChI is InChI=1S/C21H25N5/c1-14(2)18-12-8-9-15(3)20(18)24-19-13-22-26-21(25-19)23-16(4)17-10-6-5-7-11-17/h5-14,16H,1-4H3,(H2,23,24,25,26). The smallest absolute Gasteiger partial charge is 0.245 e. The van der Waals surface area contributed by atoms with Crippen LogP contribution in [0.3, 0.4) is 0 Å². The van der Waals surface area contributed by atoms with Gasteiger partial charge in [-0.25, -0.2) is 0 Å². The first kappa shape index (κ1) is 17.9. The number of para-hydroxylation sites is 1. The number of nitrogens with zero attached hydrogens (tertiary/aromatic N) is 3. The summed E-state index contributed by atoms with van der Waals surface area (Å²) in [5.74, 6) is 1.60. The lowest BCUT2D eigenvalue weighted by Gasteiger charge is -2.17. The highest BCUT2D eigenvalue weighted by Gasteiger charge is 2.12. The molecule has 26 heavy (non-hydrogen) atoms. The molecule has 0 saturated heterocycles. The van der Waals surface area contributed by atoms with Gasteiger partial charge in [-0.1, -0.05) is 62.4 Å². The Morgan fingerprint density at radius 1 is 0.923 bits per heavy atom. The van der Waals surface area contributed by atoms with Gasteiger partial charge in [-0.15, -0.1) is 5.10 Å². The molecule has 0 amide bonds. The number of rotatable bonds is 6. The molecule has 0 radical (unpaired) electrons. The average molecular weight is 347 g/mol. The highest BCUT2D eigenvalue weighted by Crippen LogP contribution is 2.29. The van der Waals surface area contributed by atoms with E-state index in [-0.39, 0.29) is 6.04 Å². The molecule has 0 fully saturated rings. The Bertz CT molecular complexity index is 861. The van der Waals surface area contributed by atoms with Crippen LogP contribution >= 0.6 is 0 Å². The number of hydrogen-bond donors (Lipinski definition) is 2. The Morgan fingerprint density at radius 3 is 2.42 bits per heavy atom. The number of anilines is 3. The SMILES string of the molecule is Cc1cccc(C(C)C)c1Nc1cnnc(NC(C)c2ccccc2)n1. The average Bonchev–Trinajstić information content (AvgIpc) is 2.64. The third kappa shape index (κ3) is 4.17. The largest absolute Gasteiger partial charge is 0.346 e. The molecule has 2 aromatic carbocycles. The molecule has 0 aliphatic heterocycles. The van der Waals surface area contributed by atoms with Crippen molar-refractivity contribution in [3.8, 4) is 0 Å². The highest BCUT2D eigenvalue weighted by molar-refractivity contribution is 5.65. The van der Waals surface area contributed by atoms with Crippen molar-refractivity contribution in [2.24, 2.45) is 0 Å². The third-order valence-electron chi connectivity index (χ3n) is 4.38. The lowest BCUT2D eigenvalue weighted by molar-refractivity contribution is 0.840. The van der Waals surface area contributed by atoms with Gasteiger partial charge in [0.2, 0.25) is 5.95 Å². The van der Waals surface area contributed by atoms with Crippen molar-refractivity contribution in [1.82, 2.24) is 15.2 Å². The number of nitrogens with one attached hydrogen (secondary N) is 2. The monoisotopic (exact) mass is 347 g/mol. The van der Waals surface area contributed by atoms with Crippen molar-refractivity contribution in [2.75, 3.05) is 10.6 Å². The zero-order chi connectivity index (χ0) is 18.5. The van der Waals surface area contributed by atoms with Crippen LogP contribution in [0.1, 0.15) is 49.4 Å². The van der Waals surface area contributed by atoms with Crippen LogP contribution in [0.4, 0.5) is 17.5 Å². The molecule has 0 spiro atoms. The third-order valence-corrected chi connectivity index (χ3v) is 4.38. The van der Waals surface area contributed by atoms with Crippen molar-refractivity contribution in [2.45, 2.75) is 39.7 Å². The van der Waals surface area contributed by atoms with E-state index in [1.165, 1.54) is 16.7 Å². The Kier molecular flexibility index (Phi) is 5.46. The predicted molar refractivity (Wildman–Crippen MR) is 107 cm³/mol. The van der Waals surface area contributed by atoms with Crippen molar-refractivity contribution >= 4 is 17.5 Å². The van der Waals surface area contributed by atoms with E-state index in [1.54, 1.807) is 6.20 Å². The van der Waals surface area contributed by atoms with E-state index >= 15 is 0 Å². The molecule has 1 unspecified atom stereocenters. The van der Waals surface area contributed by atoms with Gasteiger partial charge in [-0.2, -0.15) is 10.1 Å². The topological polar surface area (TPSA) is 62.7 Å². The summed E-state index contributed by atoms with van der Waals surface area (Å²) in [5, 5.41) is 14.9. The minimum absolute atomic E-state index is 0.0953. The maximum absolute atomic E-state index is 4.58. The number of hydrogen-bond acceptors (Lipinski definition) is 5. The van der Waals surface area contributed by atoms with Crippen LogP contribution in [0, 0.1) is 6.92 Å². The first-order chi connectivity index (χ1) is 12.5. The van der Waals surface area contributed by atoms with Gasteiger partial charge in [0.15, 0.2) is 5.82 Å². The molecule has 1 aromatic heterocycles. The van der Waals surface area contributed by atoms with Crippen LogP contribution in [-0.2, 0) is 0 Å². The molecule has 0 aliphatic carbocycles. The molecule has 5 nitrogen and oxygen atoms in total. The van der Waals surface area contributed by atoms with Gasteiger partial charge in [0.05, 0.1) is 12.2 Å². The quantitative estimate of drug-likeness (QED) is 0.640. The molecule has 1 heterocycles. The second kappa shape index (κ2) is 7.95. The Balaban J connectivity index is 1.80. The van der Waals surface area contributed by atoms with Crippen molar-refractivity contribution in [1.29, 1.82) is 0 Å². The van der Waals surface area contributed by atoms with Crippen LogP contribution in [0.15, 0.2) is 54.7 Å². The van der Waals surface area contributed by atoms with Gasteiger partial charge in [-0.05, 0) is 36.5 Å². The molecule has 3 rings (SSSR count). The number of aryl methyl sites for hydroxylation is 1. The molecule has 134 valence electrons. The summed E-state index contributed by atoms with van der Waals surface area (Å²) in [7, 11) is 0. The van der Waals surface area contributed by atoms with Gasteiger partial charge in [0.1, 0.15) is 0 Å². The van der Waals surface area contributed by atoms with Crippen LogP contribution in [0.5, 0.6) is 0 Å². The van der Waals surface area contributed by atoms with Crippen LogP contribution in [0.25, 0.3) is 0 Å². The molecule has 3 aromatic rings. The fourth-order valence-corrected chi connectivity index (χ4v) is 2.91. The Hall–Kier alpha value is -2.95. The zero-order valence-electron chi connectivity index (χ0n) is 15.7. The number of benzene rings is 2. The lowest BCUT2D eigenvalue weighted by Crippen LogP contribution is -2.11. The normalized spacial score (nSPS) is 12.0. The lowest BCUT2D eigenvalue weighted by atomic mass is 9.98. The van der Waals surface area contributed by atoms with E-state index in [0.717, 1.165) is 5.69 Å². The highest BCUT2D eigenvalue weighted by atomic mass is 15.3. The van der Waals surface area contributed by atoms with Crippen LogP contribution < -0.4 is 10.6 Å². The van der Waals surface area contributed by atoms with E-state index in [0.29, 0.717) is 17.7 Å². The van der Waals surface area contributed by atoms with E-state index < -0.39 is 0 Å². The summed E-state index contributed by atoms with van der Waals surface area (Å²) < 4.78 is 0. The summed E-state index contributed by atoms with van der Waals surface area (Å²) in [6.07, 6.45) is 1.65. The molecule has 5 heteroatoms. The predicted octanol–water partition coefficient (Wildman–Crippen LogP) is 5.22. The van der Waals surface area contributed by atoms with Gasteiger partial charge in [0, 0.05) is 5.69 Å². The summed E-state index contributed by atoms with van der Waals surface area (Å²) in [5.41, 5.74) is 4.71. The minimum Gasteiger partial charge on any atom is -0.346 e. The van der Waals surface area contributed by atoms with Crippen LogP contribution in [-0.4, -0.2) is 15.2 Å². The van der Waals surface area contributed by atoms with Gasteiger partial charge >= 0.3 is 0 Å². The molecule has 0 saturated carbocycles. The first-order valence-electron chi connectivity index (χ1n) is 8.92. The molecule has 0 aliphatic rings. The van der Waals surface area contributed by atoms with Crippen molar-refractivity contribution in [3.05, 3.63) is 71.4 Å². The molecule has 2 N–H and O–H groups in total. The minimum atomic E-state index is 0.0953. The van der Waals surface area contributed by atoms with Crippen LogP contribution in [0.2, 0.25) is 0 Å². The fraction of sp³-hybridized carbons (Fsp3) is 0.286. The van der Waals surface area contributed by atoms with Crippen molar-refractivity contribution in [3.63, 3.8) is 0 Å². The molecular formula is C21H25N5. The van der Waals surface area contributed by atoms with Gasteiger partial charge in [0.25, 0.3) is 0 Å².